The first-order valence-electron chi connectivity index (χ1n) is 6.61. The normalized spacial score (nSPS) is 20.1. The summed E-state index contributed by atoms with van der Waals surface area (Å²) in [5.74, 6) is -1.03. The Bertz CT molecular complexity index is 861. The summed E-state index contributed by atoms with van der Waals surface area (Å²) in [5, 5.41) is 21.5. The maximum atomic E-state index is 11.3. The van der Waals surface area contributed by atoms with Crippen LogP contribution in [0.15, 0.2) is 47.4 Å². The molecule has 1 unspecified atom stereocenters. The highest BCUT2D eigenvalue weighted by molar-refractivity contribution is 6.12. The van der Waals surface area contributed by atoms with Crippen molar-refractivity contribution in [2.24, 2.45) is 10.9 Å². The number of aromatic carboxylic acids is 1. The molecule has 0 saturated heterocycles. The van der Waals surface area contributed by atoms with E-state index in [4.69, 9.17) is 10.9 Å². The molecule has 0 radical (unpaired) electrons. The summed E-state index contributed by atoms with van der Waals surface area (Å²) in [5.41, 5.74) is 8.74. The predicted molar refractivity (Wildman–Crippen MR) is 81.1 cm³/mol. The van der Waals surface area contributed by atoms with Gasteiger partial charge in [0.15, 0.2) is 5.65 Å². The quantitative estimate of drug-likeness (QED) is 0.575. The zero-order chi connectivity index (χ0) is 15.9. The van der Waals surface area contributed by atoms with E-state index in [0.717, 1.165) is 5.57 Å². The van der Waals surface area contributed by atoms with E-state index < -0.39 is 12.0 Å². The highest BCUT2D eigenvalue weighted by atomic mass is 16.4. The summed E-state index contributed by atoms with van der Waals surface area (Å²) in [6.45, 7) is 1.79. The topological polar surface area (TPSA) is 113 Å². The van der Waals surface area contributed by atoms with Gasteiger partial charge in [-0.05, 0) is 24.6 Å². The molecular weight excluding hydrogens is 284 g/mol. The second-order valence-electron chi connectivity index (χ2n) is 4.99. The average molecular weight is 298 g/mol. The Hall–Kier alpha value is -2.93. The van der Waals surface area contributed by atoms with Crippen molar-refractivity contribution in [1.29, 1.82) is 0 Å². The number of hydrogen-bond donors (Lipinski definition) is 3. The van der Waals surface area contributed by atoms with E-state index in [1.807, 2.05) is 0 Å². The van der Waals surface area contributed by atoms with Crippen LogP contribution in [-0.2, 0) is 0 Å². The van der Waals surface area contributed by atoms with E-state index >= 15 is 0 Å². The summed E-state index contributed by atoms with van der Waals surface area (Å²) in [6, 6.07) is 2.68. The molecule has 0 amide bonds. The zero-order valence-electron chi connectivity index (χ0n) is 11.8. The second-order valence-corrected chi connectivity index (χ2v) is 4.99. The number of oxime groups is 1. The van der Waals surface area contributed by atoms with Gasteiger partial charge >= 0.3 is 5.97 Å². The number of nitrogens with two attached hydrogens (primary N) is 1. The standard InChI is InChI=1S/C15H14N4O3/c1-8-9(4-5-11(16)13(8)18-22)12-7-19-6-2-3-10(15(20)21)14(19)17-12/h2-7,11,22H,16H2,1H3,(H,20,21). The molecule has 1 aliphatic rings. The molecule has 2 aromatic heterocycles. The molecule has 2 heterocycles. The zero-order valence-corrected chi connectivity index (χ0v) is 11.8. The van der Waals surface area contributed by atoms with Crippen LogP contribution < -0.4 is 5.73 Å². The Morgan fingerprint density at radius 2 is 2.27 bits per heavy atom. The van der Waals surface area contributed by atoms with Gasteiger partial charge in [0.05, 0.1) is 11.7 Å². The Balaban J connectivity index is 2.20. The molecule has 1 aliphatic carbocycles. The second kappa shape index (κ2) is 5.12. The Morgan fingerprint density at radius 1 is 1.50 bits per heavy atom. The number of carbonyl (C=O) groups is 1. The van der Waals surface area contributed by atoms with Crippen LogP contribution in [0, 0.1) is 0 Å². The number of carboxylic acids is 1. The average Bonchev–Trinajstić information content (AvgIpc) is 2.90. The van der Waals surface area contributed by atoms with Crippen molar-refractivity contribution in [3.8, 4) is 0 Å². The minimum Gasteiger partial charge on any atom is -0.478 e. The molecule has 2 aromatic rings. The third-order valence-electron chi connectivity index (χ3n) is 3.67. The van der Waals surface area contributed by atoms with Crippen LogP contribution in [0.4, 0.5) is 0 Å². The fraction of sp³-hybridized carbons (Fsp3) is 0.133. The number of imidazole rings is 1. The van der Waals surface area contributed by atoms with Crippen LogP contribution >= 0.6 is 0 Å². The van der Waals surface area contributed by atoms with Gasteiger partial charge in [0.1, 0.15) is 11.3 Å². The van der Waals surface area contributed by atoms with Gasteiger partial charge < -0.3 is 20.4 Å². The van der Waals surface area contributed by atoms with Crippen LogP contribution in [0.3, 0.4) is 0 Å². The molecule has 0 saturated carbocycles. The van der Waals surface area contributed by atoms with Crippen molar-refractivity contribution < 1.29 is 15.1 Å². The molecule has 7 heteroatoms. The fourth-order valence-electron chi connectivity index (χ4n) is 2.53. The minimum absolute atomic E-state index is 0.125. The van der Waals surface area contributed by atoms with E-state index in [9.17, 15) is 9.90 Å². The van der Waals surface area contributed by atoms with E-state index in [0.29, 0.717) is 22.6 Å². The number of nitrogens with zero attached hydrogens (tertiary/aromatic N) is 3. The molecule has 0 fully saturated rings. The highest BCUT2D eigenvalue weighted by Crippen LogP contribution is 2.26. The van der Waals surface area contributed by atoms with Gasteiger partial charge in [0.25, 0.3) is 0 Å². The van der Waals surface area contributed by atoms with Crippen molar-refractivity contribution >= 4 is 22.9 Å². The van der Waals surface area contributed by atoms with Crippen molar-refractivity contribution in [1.82, 2.24) is 9.38 Å². The first-order chi connectivity index (χ1) is 10.5. The van der Waals surface area contributed by atoms with Crippen LogP contribution in [0.1, 0.15) is 23.0 Å². The lowest BCUT2D eigenvalue weighted by Gasteiger charge is -2.17. The smallest absolute Gasteiger partial charge is 0.339 e. The van der Waals surface area contributed by atoms with Crippen LogP contribution in [-0.4, -0.2) is 37.4 Å². The molecule has 0 aliphatic heterocycles. The number of hydrogen-bond acceptors (Lipinski definition) is 5. The maximum Gasteiger partial charge on any atom is 0.339 e. The van der Waals surface area contributed by atoms with Gasteiger partial charge in [-0.25, -0.2) is 9.78 Å². The lowest BCUT2D eigenvalue weighted by atomic mass is 9.92. The molecular formula is C15H14N4O3. The van der Waals surface area contributed by atoms with Crippen LogP contribution in [0.25, 0.3) is 11.2 Å². The van der Waals surface area contributed by atoms with Gasteiger partial charge in [-0.1, -0.05) is 17.3 Å². The number of allylic oxidation sites excluding steroid dienone is 2. The summed E-state index contributed by atoms with van der Waals surface area (Å²) in [4.78, 5) is 15.7. The van der Waals surface area contributed by atoms with Crippen LogP contribution in [0.2, 0.25) is 0 Å². The summed E-state index contributed by atoms with van der Waals surface area (Å²) in [6.07, 6.45) is 6.97. The first-order valence-corrected chi connectivity index (χ1v) is 6.61. The molecule has 0 spiro atoms. The molecule has 0 bridgehead atoms. The lowest BCUT2D eigenvalue weighted by Crippen LogP contribution is -2.31. The maximum absolute atomic E-state index is 11.3. The molecule has 112 valence electrons. The molecule has 7 nitrogen and oxygen atoms in total. The SMILES string of the molecule is CC1=C(c2cn3cccc(C(=O)O)c3n2)C=CC(N)C1=NO. The van der Waals surface area contributed by atoms with Crippen LogP contribution in [0.5, 0.6) is 0 Å². The number of aromatic nitrogens is 2. The van der Waals surface area contributed by atoms with Gasteiger partial charge in [-0.2, -0.15) is 0 Å². The number of fused-ring (bicyclic) bond motifs is 1. The van der Waals surface area contributed by atoms with E-state index in [1.165, 1.54) is 6.07 Å². The minimum atomic E-state index is -1.03. The fourth-order valence-corrected chi connectivity index (χ4v) is 2.53. The van der Waals surface area contributed by atoms with E-state index in [-0.39, 0.29) is 5.56 Å². The number of pyridine rings is 1. The number of rotatable bonds is 2. The number of carboxylic acid groups (broad SMARTS) is 1. The third-order valence-corrected chi connectivity index (χ3v) is 3.67. The Labute approximate surface area is 125 Å². The van der Waals surface area contributed by atoms with Gasteiger partial charge in [0.2, 0.25) is 0 Å². The molecule has 4 N–H and O–H groups in total. The molecule has 22 heavy (non-hydrogen) atoms. The molecule has 1 atom stereocenters. The van der Waals surface area contributed by atoms with Crippen molar-refractivity contribution in [3.05, 3.63) is 53.5 Å². The molecule has 0 aromatic carbocycles. The van der Waals surface area contributed by atoms with Gasteiger partial charge in [-0.3, -0.25) is 0 Å². The van der Waals surface area contributed by atoms with E-state index in [2.05, 4.69) is 10.1 Å². The first kappa shape index (κ1) is 14.0. The van der Waals surface area contributed by atoms with Gasteiger partial charge in [0, 0.05) is 18.0 Å². The summed E-state index contributed by atoms with van der Waals surface area (Å²) >= 11 is 0. The highest BCUT2D eigenvalue weighted by Gasteiger charge is 2.21. The largest absolute Gasteiger partial charge is 0.478 e. The monoisotopic (exact) mass is 298 g/mol. The molecule has 3 rings (SSSR count). The van der Waals surface area contributed by atoms with Crippen molar-refractivity contribution in [3.63, 3.8) is 0 Å². The third kappa shape index (κ3) is 2.08. The van der Waals surface area contributed by atoms with E-state index in [1.54, 1.807) is 41.9 Å². The van der Waals surface area contributed by atoms with Gasteiger partial charge in [-0.15, -0.1) is 0 Å². The Morgan fingerprint density at radius 3 is 2.95 bits per heavy atom. The summed E-state index contributed by atoms with van der Waals surface area (Å²) < 4.78 is 1.65. The summed E-state index contributed by atoms with van der Waals surface area (Å²) in [7, 11) is 0. The lowest BCUT2D eigenvalue weighted by molar-refractivity contribution is 0.0698. The van der Waals surface area contributed by atoms with Crippen molar-refractivity contribution in [2.45, 2.75) is 13.0 Å². The predicted octanol–water partition coefficient (Wildman–Crippen LogP) is 1.53. The van der Waals surface area contributed by atoms with Crippen molar-refractivity contribution in [2.75, 3.05) is 0 Å². The Kier molecular flexibility index (Phi) is 3.26.